The number of aromatic nitrogens is 4. The maximum Gasteiger partial charge on any atom is 0.419 e. The van der Waals surface area contributed by atoms with E-state index in [-0.39, 0.29) is 28.7 Å². The van der Waals surface area contributed by atoms with Gasteiger partial charge in [-0.3, -0.25) is 0 Å². The number of nitrogens with one attached hydrogen (secondary N) is 1. The molecule has 6 nitrogen and oxygen atoms in total. The molecule has 184 valence electrons. The Bertz CT molecular complexity index is 1360. The van der Waals surface area contributed by atoms with Crippen molar-refractivity contribution in [3.63, 3.8) is 0 Å². The molecule has 0 saturated heterocycles. The fourth-order valence-electron chi connectivity index (χ4n) is 4.03. The van der Waals surface area contributed by atoms with E-state index in [9.17, 15) is 27.1 Å². The lowest BCUT2D eigenvalue weighted by molar-refractivity contribution is -0.140. The molecule has 2 aromatic heterocycles. The third kappa shape index (κ3) is 4.75. The first-order valence-corrected chi connectivity index (χ1v) is 10.8. The van der Waals surface area contributed by atoms with Crippen molar-refractivity contribution in [2.24, 2.45) is 7.05 Å². The van der Waals surface area contributed by atoms with E-state index in [0.29, 0.717) is 0 Å². The number of rotatable bonds is 2. The van der Waals surface area contributed by atoms with Crippen LogP contribution in [0, 0.1) is 11.6 Å². The highest BCUT2D eigenvalue weighted by molar-refractivity contribution is 5.91. The summed E-state index contributed by atoms with van der Waals surface area (Å²) in [6.45, 7) is 0. The van der Waals surface area contributed by atoms with Gasteiger partial charge in [0.1, 0.15) is 5.69 Å². The molecule has 2 N–H and O–H groups in total. The number of aryl methyl sites for hydroxylation is 3. The summed E-state index contributed by atoms with van der Waals surface area (Å²) in [5.41, 5.74) is 0.609. The van der Waals surface area contributed by atoms with Gasteiger partial charge in [0.2, 0.25) is 5.95 Å². The summed E-state index contributed by atoms with van der Waals surface area (Å²) >= 11 is 0. The van der Waals surface area contributed by atoms with E-state index < -0.39 is 34.7 Å². The van der Waals surface area contributed by atoms with Gasteiger partial charge < -0.3 is 10.4 Å². The zero-order valence-corrected chi connectivity index (χ0v) is 18.9. The van der Waals surface area contributed by atoms with Crippen LogP contribution in [0.15, 0.2) is 36.5 Å². The second kappa shape index (κ2) is 9.47. The zero-order chi connectivity index (χ0) is 25.3. The maximum atomic E-state index is 14.2. The van der Waals surface area contributed by atoms with Crippen molar-refractivity contribution in [1.29, 1.82) is 0 Å². The molecule has 1 aliphatic rings. The molecule has 0 radical (unpaired) electrons. The van der Waals surface area contributed by atoms with Gasteiger partial charge in [-0.25, -0.2) is 18.4 Å². The Morgan fingerprint density at radius 2 is 1.66 bits per heavy atom. The summed E-state index contributed by atoms with van der Waals surface area (Å²) in [5.74, 6) is -5.14. The van der Waals surface area contributed by atoms with Crippen LogP contribution >= 0.6 is 0 Å². The molecule has 0 bridgehead atoms. The van der Waals surface area contributed by atoms with Gasteiger partial charge >= 0.3 is 6.18 Å². The molecule has 35 heavy (non-hydrogen) atoms. The predicted molar refractivity (Wildman–Crippen MR) is 121 cm³/mol. The van der Waals surface area contributed by atoms with Crippen molar-refractivity contribution in [3.05, 3.63) is 64.9 Å². The average Bonchev–Trinajstić information content (AvgIpc) is 3.17. The van der Waals surface area contributed by atoms with Crippen LogP contribution in [-0.2, 0) is 26.1 Å². The highest BCUT2D eigenvalue weighted by Crippen LogP contribution is 2.41. The van der Waals surface area contributed by atoms with Gasteiger partial charge in [-0.2, -0.15) is 23.3 Å². The lowest BCUT2D eigenvalue weighted by Crippen LogP contribution is -2.10. The third-order valence-electron chi connectivity index (χ3n) is 5.80. The second-order valence-corrected chi connectivity index (χ2v) is 8.07. The Balaban J connectivity index is 0.000000239. The molecule has 11 heteroatoms. The number of phenolic OH excluding ortho intramolecular Hbond substituents is 1. The highest BCUT2D eigenvalue weighted by atomic mass is 19.4. The lowest BCUT2D eigenvalue weighted by atomic mass is 9.92. The number of anilines is 1. The number of fused-ring (bicyclic) bond motifs is 2. The quantitative estimate of drug-likeness (QED) is 0.355. The van der Waals surface area contributed by atoms with Crippen molar-refractivity contribution in [3.8, 4) is 17.0 Å². The number of hydrogen-bond donors (Lipinski definition) is 2. The summed E-state index contributed by atoms with van der Waals surface area (Å²) in [5, 5.41) is 16.2. The van der Waals surface area contributed by atoms with Crippen LogP contribution in [0.5, 0.6) is 5.75 Å². The first-order chi connectivity index (χ1) is 16.6. The van der Waals surface area contributed by atoms with Crippen molar-refractivity contribution in [2.45, 2.75) is 31.9 Å². The number of aromatic hydroxyl groups is 1. The van der Waals surface area contributed by atoms with Gasteiger partial charge in [0.25, 0.3) is 0 Å². The highest BCUT2D eigenvalue weighted by Gasteiger charge is 2.38. The fourth-order valence-corrected chi connectivity index (χ4v) is 4.03. The van der Waals surface area contributed by atoms with Crippen LogP contribution in [0.25, 0.3) is 22.3 Å². The predicted octanol–water partition coefficient (Wildman–Crippen LogP) is 5.64. The number of phenols is 1. The lowest BCUT2D eigenvalue weighted by Gasteiger charge is -2.13. The van der Waals surface area contributed by atoms with E-state index in [2.05, 4.69) is 44.6 Å². The van der Waals surface area contributed by atoms with Crippen molar-refractivity contribution >= 4 is 17.0 Å². The SMILES string of the molecule is CNc1ncc2c(-c3cc(C(F)(F)F)c(F)c(O)c3F)nn(C)c2n1.c1ccc2c(c1)CCCC2. The van der Waals surface area contributed by atoms with Crippen molar-refractivity contribution < 1.29 is 27.1 Å². The molecule has 1 aliphatic carbocycles. The number of halogens is 5. The van der Waals surface area contributed by atoms with Gasteiger partial charge in [-0.1, -0.05) is 24.3 Å². The molecule has 0 atom stereocenters. The molecule has 0 amide bonds. The molecule has 5 rings (SSSR count). The summed E-state index contributed by atoms with van der Waals surface area (Å²) < 4.78 is 67.9. The monoisotopic (exact) mass is 491 g/mol. The van der Waals surface area contributed by atoms with Gasteiger partial charge in [-0.05, 0) is 42.9 Å². The second-order valence-electron chi connectivity index (χ2n) is 8.07. The molecular weight excluding hydrogens is 469 g/mol. The number of alkyl halides is 3. The van der Waals surface area contributed by atoms with Crippen LogP contribution in [0.3, 0.4) is 0 Å². The zero-order valence-electron chi connectivity index (χ0n) is 18.9. The van der Waals surface area contributed by atoms with Crippen molar-refractivity contribution in [2.75, 3.05) is 12.4 Å². The Morgan fingerprint density at radius 1 is 1.03 bits per heavy atom. The average molecular weight is 491 g/mol. The summed E-state index contributed by atoms with van der Waals surface area (Å²) in [6.07, 6.45) is 1.49. The van der Waals surface area contributed by atoms with E-state index in [0.717, 1.165) is 0 Å². The Kier molecular flexibility index (Phi) is 6.60. The fraction of sp³-hybridized carbons (Fsp3) is 0.292. The molecule has 0 spiro atoms. The Morgan fingerprint density at radius 3 is 2.23 bits per heavy atom. The third-order valence-corrected chi connectivity index (χ3v) is 5.80. The summed E-state index contributed by atoms with van der Waals surface area (Å²) in [7, 11) is 3.01. The molecule has 0 fully saturated rings. The first-order valence-electron chi connectivity index (χ1n) is 10.8. The largest absolute Gasteiger partial charge is 0.503 e. The van der Waals surface area contributed by atoms with Crippen LogP contribution in [0.4, 0.5) is 27.9 Å². The van der Waals surface area contributed by atoms with Gasteiger partial charge in [-0.15, -0.1) is 0 Å². The molecule has 0 aliphatic heterocycles. The number of nitrogens with zero attached hydrogens (tertiary/aromatic N) is 4. The minimum atomic E-state index is -5.12. The van der Waals surface area contributed by atoms with Crippen molar-refractivity contribution in [1.82, 2.24) is 19.7 Å². The molecular formula is C24H22F5N5O. The topological polar surface area (TPSA) is 75.9 Å². The van der Waals surface area contributed by atoms with E-state index >= 15 is 0 Å². The van der Waals surface area contributed by atoms with Crippen LogP contribution in [-0.4, -0.2) is 31.9 Å². The first kappa shape index (κ1) is 24.4. The van der Waals surface area contributed by atoms with Gasteiger partial charge in [0, 0.05) is 25.9 Å². The van der Waals surface area contributed by atoms with Crippen LogP contribution in [0.2, 0.25) is 0 Å². The molecule has 4 aromatic rings. The molecule has 2 aromatic carbocycles. The molecule has 0 saturated carbocycles. The Labute approximate surface area is 197 Å². The van der Waals surface area contributed by atoms with E-state index in [1.54, 1.807) is 18.2 Å². The number of hydrogen-bond acceptors (Lipinski definition) is 5. The van der Waals surface area contributed by atoms with Crippen LogP contribution < -0.4 is 5.32 Å². The van der Waals surface area contributed by atoms with E-state index in [4.69, 9.17) is 0 Å². The van der Waals surface area contributed by atoms with Crippen LogP contribution in [0.1, 0.15) is 29.5 Å². The summed E-state index contributed by atoms with van der Waals surface area (Å²) in [6, 6.07) is 9.06. The smallest absolute Gasteiger partial charge is 0.419 e. The van der Waals surface area contributed by atoms with Gasteiger partial charge in [0.05, 0.1) is 10.9 Å². The Hall–Kier alpha value is -3.76. The maximum absolute atomic E-state index is 14.2. The molecule has 0 unspecified atom stereocenters. The minimum Gasteiger partial charge on any atom is -0.503 e. The summed E-state index contributed by atoms with van der Waals surface area (Å²) in [4.78, 5) is 7.99. The van der Waals surface area contributed by atoms with E-state index in [1.165, 1.54) is 43.6 Å². The molecule has 2 heterocycles. The number of benzene rings is 2. The normalized spacial score (nSPS) is 13.2. The van der Waals surface area contributed by atoms with E-state index in [1.807, 2.05) is 0 Å². The minimum absolute atomic E-state index is 0.138. The van der Waals surface area contributed by atoms with Gasteiger partial charge in [0.15, 0.2) is 23.0 Å². The standard InChI is InChI=1S/C14H10F5N5O.C10H12/c1-20-13-21-4-6-10(23-24(2)12(6)22-13)5-3-7(14(17,18)19)9(16)11(25)8(5)15;1-2-6-10-8-4-3-7-9(10)5-1/h3-4,25H,1-2H3,(H,20,21,22);1-2,5-6H,3-4,7-8H2.